The Morgan fingerprint density at radius 3 is 2.30 bits per heavy atom. The Hall–Kier alpha value is -0.580. The van der Waals surface area contributed by atoms with E-state index >= 15 is 0 Å². The van der Waals surface area contributed by atoms with Crippen LogP contribution in [0.1, 0.15) is 37.7 Å². The molecule has 0 heterocycles. The van der Waals surface area contributed by atoms with Crippen molar-refractivity contribution in [1.29, 1.82) is 0 Å². The van der Waals surface area contributed by atoms with Crippen LogP contribution in [0.5, 0.6) is 0 Å². The molecule has 0 amide bonds. The zero-order valence-corrected chi connectivity index (χ0v) is 13.5. The molecule has 1 aliphatic rings. The quantitative estimate of drug-likeness (QED) is 0.778. The summed E-state index contributed by atoms with van der Waals surface area (Å²) in [5, 5.41) is 0. The molecule has 0 radical (unpaired) electrons. The van der Waals surface area contributed by atoms with Crippen LogP contribution in [-0.4, -0.2) is 26.3 Å². The Morgan fingerprint density at radius 2 is 1.75 bits per heavy atom. The predicted octanol–water partition coefficient (Wildman–Crippen LogP) is 3.63. The van der Waals surface area contributed by atoms with Gasteiger partial charge in [0, 0.05) is 19.5 Å². The number of rotatable bonds is 5. The Morgan fingerprint density at radius 1 is 1.15 bits per heavy atom. The van der Waals surface area contributed by atoms with Crippen molar-refractivity contribution >= 4 is 21.6 Å². The fourth-order valence-corrected chi connectivity index (χ4v) is 4.19. The minimum absolute atomic E-state index is 0.352. The van der Waals surface area contributed by atoms with Gasteiger partial charge in [0.1, 0.15) is 0 Å². The highest BCUT2D eigenvalue weighted by Gasteiger charge is 2.24. The van der Waals surface area contributed by atoms with Gasteiger partial charge in [0.05, 0.1) is 4.90 Å². The standard InChI is InChI=1S/C15H22ClNO2S/c1-17(12-14-5-3-2-4-6-14)20(18,19)15-9-7-13(11-16)8-10-15/h7-10,14H,2-6,11-12H2,1H3. The van der Waals surface area contributed by atoms with Crippen molar-refractivity contribution in [1.82, 2.24) is 4.31 Å². The normalized spacial score (nSPS) is 17.6. The van der Waals surface area contributed by atoms with Gasteiger partial charge in [-0.25, -0.2) is 12.7 Å². The molecule has 0 N–H and O–H groups in total. The third kappa shape index (κ3) is 3.74. The van der Waals surface area contributed by atoms with E-state index in [1.54, 1.807) is 31.3 Å². The summed E-state index contributed by atoms with van der Waals surface area (Å²) in [6.07, 6.45) is 6.02. The van der Waals surface area contributed by atoms with E-state index in [4.69, 9.17) is 11.6 Å². The number of sulfonamides is 1. The predicted molar refractivity (Wildman–Crippen MR) is 82.4 cm³/mol. The number of nitrogens with zero attached hydrogens (tertiary/aromatic N) is 1. The molecule has 1 aliphatic carbocycles. The Labute approximate surface area is 127 Å². The van der Waals surface area contributed by atoms with Crippen molar-refractivity contribution < 1.29 is 8.42 Å². The molecule has 5 heteroatoms. The average molecular weight is 316 g/mol. The van der Waals surface area contributed by atoms with E-state index in [2.05, 4.69) is 0 Å². The number of halogens is 1. The smallest absolute Gasteiger partial charge is 0.207 e. The van der Waals surface area contributed by atoms with Gasteiger partial charge in [0.15, 0.2) is 0 Å². The molecular weight excluding hydrogens is 294 g/mol. The lowest BCUT2D eigenvalue weighted by Gasteiger charge is -2.26. The van der Waals surface area contributed by atoms with Crippen LogP contribution in [0.25, 0.3) is 0 Å². The second-order valence-corrected chi connectivity index (χ2v) is 7.88. The fourth-order valence-electron chi connectivity index (χ4n) is 2.76. The highest BCUT2D eigenvalue weighted by molar-refractivity contribution is 7.89. The van der Waals surface area contributed by atoms with Crippen molar-refractivity contribution in [2.75, 3.05) is 13.6 Å². The average Bonchev–Trinajstić information content (AvgIpc) is 2.48. The molecule has 0 atom stereocenters. The SMILES string of the molecule is CN(CC1CCCCC1)S(=O)(=O)c1ccc(CCl)cc1. The molecule has 1 aromatic carbocycles. The van der Waals surface area contributed by atoms with Gasteiger partial charge in [-0.05, 0) is 36.5 Å². The van der Waals surface area contributed by atoms with Crippen LogP contribution in [-0.2, 0) is 15.9 Å². The van der Waals surface area contributed by atoms with E-state index in [0.29, 0.717) is 23.2 Å². The molecular formula is C15H22ClNO2S. The van der Waals surface area contributed by atoms with Gasteiger partial charge in [-0.2, -0.15) is 0 Å². The number of alkyl halides is 1. The molecule has 1 saturated carbocycles. The highest BCUT2D eigenvalue weighted by Crippen LogP contribution is 2.26. The first-order valence-corrected chi connectivity index (χ1v) is 9.12. The van der Waals surface area contributed by atoms with Crippen molar-refractivity contribution in [3.8, 4) is 0 Å². The molecule has 0 spiro atoms. The molecule has 2 rings (SSSR count). The summed E-state index contributed by atoms with van der Waals surface area (Å²) in [7, 11) is -1.69. The lowest BCUT2D eigenvalue weighted by molar-refractivity contribution is 0.300. The van der Waals surface area contributed by atoms with Gasteiger partial charge < -0.3 is 0 Å². The zero-order chi connectivity index (χ0) is 14.6. The van der Waals surface area contributed by atoms with Crippen LogP contribution in [0.4, 0.5) is 0 Å². The topological polar surface area (TPSA) is 37.4 Å². The maximum Gasteiger partial charge on any atom is 0.242 e. The largest absolute Gasteiger partial charge is 0.242 e. The zero-order valence-electron chi connectivity index (χ0n) is 11.9. The maximum atomic E-state index is 12.5. The van der Waals surface area contributed by atoms with Gasteiger partial charge in [-0.1, -0.05) is 31.4 Å². The minimum atomic E-state index is -3.37. The highest BCUT2D eigenvalue weighted by atomic mass is 35.5. The Bertz CT molecular complexity index is 521. The van der Waals surface area contributed by atoms with E-state index < -0.39 is 10.0 Å². The van der Waals surface area contributed by atoms with Gasteiger partial charge in [-0.3, -0.25) is 0 Å². The molecule has 0 unspecified atom stereocenters. The molecule has 112 valence electrons. The van der Waals surface area contributed by atoms with E-state index in [1.807, 2.05) is 0 Å². The molecule has 0 aliphatic heterocycles. The molecule has 0 saturated heterocycles. The summed E-state index contributed by atoms with van der Waals surface area (Å²) in [4.78, 5) is 0.352. The van der Waals surface area contributed by atoms with Crippen LogP contribution in [0, 0.1) is 5.92 Å². The number of hydrogen-bond donors (Lipinski definition) is 0. The van der Waals surface area contributed by atoms with E-state index in [9.17, 15) is 8.42 Å². The molecule has 20 heavy (non-hydrogen) atoms. The van der Waals surface area contributed by atoms with Gasteiger partial charge in [0.2, 0.25) is 10.0 Å². The first-order chi connectivity index (χ1) is 9.54. The van der Waals surface area contributed by atoms with Crippen LogP contribution in [0.15, 0.2) is 29.2 Å². The molecule has 3 nitrogen and oxygen atoms in total. The van der Waals surface area contributed by atoms with Crippen LogP contribution in [0.3, 0.4) is 0 Å². The molecule has 0 aromatic heterocycles. The summed E-state index contributed by atoms with van der Waals surface area (Å²) in [5.74, 6) is 0.906. The van der Waals surface area contributed by atoms with E-state index in [0.717, 1.165) is 18.4 Å². The maximum absolute atomic E-state index is 12.5. The van der Waals surface area contributed by atoms with Gasteiger partial charge in [-0.15, -0.1) is 11.6 Å². The fraction of sp³-hybridized carbons (Fsp3) is 0.600. The van der Waals surface area contributed by atoms with Crippen molar-refractivity contribution in [2.45, 2.75) is 42.9 Å². The minimum Gasteiger partial charge on any atom is -0.207 e. The summed E-state index contributed by atoms with van der Waals surface area (Å²) in [6.45, 7) is 0.625. The van der Waals surface area contributed by atoms with E-state index in [1.165, 1.54) is 23.6 Å². The lowest BCUT2D eigenvalue weighted by Crippen LogP contribution is -2.32. The summed E-state index contributed by atoms with van der Waals surface area (Å²) in [6, 6.07) is 6.83. The van der Waals surface area contributed by atoms with Crippen molar-refractivity contribution in [3.05, 3.63) is 29.8 Å². The second kappa shape index (κ2) is 6.92. The Balaban J connectivity index is 2.07. The van der Waals surface area contributed by atoms with E-state index in [-0.39, 0.29) is 0 Å². The van der Waals surface area contributed by atoms with Gasteiger partial charge >= 0.3 is 0 Å². The third-order valence-corrected chi connectivity index (χ3v) is 6.17. The summed E-state index contributed by atoms with van der Waals surface area (Å²) in [5.41, 5.74) is 0.931. The second-order valence-electron chi connectivity index (χ2n) is 5.57. The van der Waals surface area contributed by atoms with Gasteiger partial charge in [0.25, 0.3) is 0 Å². The molecule has 0 bridgehead atoms. The van der Waals surface area contributed by atoms with Crippen LogP contribution >= 0.6 is 11.6 Å². The first-order valence-electron chi connectivity index (χ1n) is 7.15. The summed E-state index contributed by atoms with van der Waals surface area (Å²) < 4.78 is 26.5. The molecule has 1 aromatic rings. The van der Waals surface area contributed by atoms with Crippen molar-refractivity contribution in [2.24, 2.45) is 5.92 Å². The Kier molecular flexibility index (Phi) is 5.47. The number of benzene rings is 1. The lowest BCUT2D eigenvalue weighted by atomic mass is 9.89. The third-order valence-electron chi connectivity index (χ3n) is 4.03. The van der Waals surface area contributed by atoms with Crippen LogP contribution < -0.4 is 0 Å². The summed E-state index contributed by atoms with van der Waals surface area (Å²) >= 11 is 5.73. The molecule has 1 fully saturated rings. The van der Waals surface area contributed by atoms with Crippen molar-refractivity contribution in [3.63, 3.8) is 0 Å². The van der Waals surface area contributed by atoms with Crippen LogP contribution in [0.2, 0.25) is 0 Å². The number of hydrogen-bond acceptors (Lipinski definition) is 2. The monoisotopic (exact) mass is 315 g/mol. The first kappa shape index (κ1) is 15.8.